The highest BCUT2D eigenvalue weighted by Gasteiger charge is 2.09. The van der Waals surface area contributed by atoms with E-state index in [2.05, 4.69) is 45.7 Å². The van der Waals surface area contributed by atoms with Crippen LogP contribution in [0.5, 0.6) is 0 Å². The van der Waals surface area contributed by atoms with E-state index in [4.69, 9.17) is 11.6 Å². The SMILES string of the molecule is CC(C)c1nnc2ccc(Cc3ccc(Cl)nc3)cn12. The zero-order chi connectivity index (χ0) is 14.1. The molecule has 3 aromatic rings. The predicted molar refractivity (Wildman–Crippen MR) is 79.1 cm³/mol. The second-order valence-electron chi connectivity index (χ2n) is 5.14. The van der Waals surface area contributed by atoms with Crippen molar-refractivity contribution in [3.8, 4) is 0 Å². The van der Waals surface area contributed by atoms with Crippen molar-refractivity contribution >= 4 is 17.2 Å². The number of hydrogen-bond donors (Lipinski definition) is 0. The summed E-state index contributed by atoms with van der Waals surface area (Å²) in [5.74, 6) is 1.33. The Hall–Kier alpha value is -1.94. The lowest BCUT2D eigenvalue weighted by Crippen LogP contribution is -1.99. The van der Waals surface area contributed by atoms with E-state index in [-0.39, 0.29) is 0 Å². The molecule has 0 aliphatic heterocycles. The largest absolute Gasteiger partial charge is 0.286 e. The summed E-state index contributed by atoms with van der Waals surface area (Å²) >= 11 is 5.80. The molecule has 0 radical (unpaired) electrons. The van der Waals surface area contributed by atoms with Crippen LogP contribution in [0.4, 0.5) is 0 Å². The fourth-order valence-electron chi connectivity index (χ4n) is 2.20. The fourth-order valence-corrected chi connectivity index (χ4v) is 2.31. The maximum Gasteiger partial charge on any atom is 0.160 e. The average molecular weight is 287 g/mol. The van der Waals surface area contributed by atoms with E-state index in [1.165, 1.54) is 5.56 Å². The van der Waals surface area contributed by atoms with E-state index >= 15 is 0 Å². The van der Waals surface area contributed by atoms with Crippen molar-refractivity contribution in [3.63, 3.8) is 0 Å². The van der Waals surface area contributed by atoms with Gasteiger partial charge in [0.15, 0.2) is 5.65 Å². The Balaban J connectivity index is 1.95. The molecule has 0 unspecified atom stereocenters. The van der Waals surface area contributed by atoms with Gasteiger partial charge in [-0.3, -0.25) is 4.40 Å². The smallest absolute Gasteiger partial charge is 0.160 e. The predicted octanol–water partition coefficient (Wildman–Crippen LogP) is 3.49. The van der Waals surface area contributed by atoms with E-state index in [9.17, 15) is 0 Å². The first-order chi connectivity index (χ1) is 9.63. The molecule has 3 heterocycles. The number of halogens is 1. The first-order valence-electron chi connectivity index (χ1n) is 6.57. The van der Waals surface area contributed by atoms with Crippen LogP contribution in [-0.2, 0) is 6.42 Å². The van der Waals surface area contributed by atoms with E-state index < -0.39 is 0 Å². The molecule has 0 atom stereocenters. The topological polar surface area (TPSA) is 43.1 Å². The van der Waals surface area contributed by atoms with Crippen molar-refractivity contribution in [1.82, 2.24) is 19.6 Å². The van der Waals surface area contributed by atoms with Crippen molar-refractivity contribution in [2.45, 2.75) is 26.2 Å². The monoisotopic (exact) mass is 286 g/mol. The molecule has 3 rings (SSSR count). The van der Waals surface area contributed by atoms with Crippen molar-refractivity contribution in [2.24, 2.45) is 0 Å². The molecule has 0 saturated heterocycles. The Kier molecular flexibility index (Phi) is 3.40. The highest BCUT2D eigenvalue weighted by molar-refractivity contribution is 6.29. The quantitative estimate of drug-likeness (QED) is 0.692. The third-order valence-corrected chi connectivity index (χ3v) is 3.43. The van der Waals surface area contributed by atoms with Gasteiger partial charge in [-0.1, -0.05) is 37.6 Å². The van der Waals surface area contributed by atoms with Gasteiger partial charge in [0.1, 0.15) is 11.0 Å². The number of fused-ring (bicyclic) bond motifs is 1. The molecule has 0 spiro atoms. The third-order valence-electron chi connectivity index (χ3n) is 3.20. The maximum absolute atomic E-state index is 5.80. The summed E-state index contributed by atoms with van der Waals surface area (Å²) < 4.78 is 2.06. The maximum atomic E-state index is 5.80. The van der Waals surface area contributed by atoms with Crippen LogP contribution in [0.15, 0.2) is 36.7 Å². The number of hydrogen-bond acceptors (Lipinski definition) is 3. The molecule has 0 N–H and O–H groups in total. The summed E-state index contributed by atoms with van der Waals surface area (Å²) in [6.07, 6.45) is 4.72. The lowest BCUT2D eigenvalue weighted by Gasteiger charge is -2.06. The van der Waals surface area contributed by atoms with E-state index in [1.807, 2.05) is 24.4 Å². The van der Waals surface area contributed by atoms with Crippen LogP contribution in [0, 0.1) is 0 Å². The molecule has 0 saturated carbocycles. The Morgan fingerprint density at radius 3 is 2.60 bits per heavy atom. The highest BCUT2D eigenvalue weighted by Crippen LogP contribution is 2.16. The van der Waals surface area contributed by atoms with E-state index in [1.54, 1.807) is 0 Å². The van der Waals surface area contributed by atoms with Crippen LogP contribution in [0.1, 0.15) is 36.7 Å². The van der Waals surface area contributed by atoms with Crippen molar-refractivity contribution in [2.75, 3.05) is 0 Å². The van der Waals surface area contributed by atoms with Crippen LogP contribution in [0.2, 0.25) is 5.15 Å². The van der Waals surface area contributed by atoms with E-state index in [0.29, 0.717) is 11.1 Å². The third kappa shape index (κ3) is 2.51. The molecule has 0 aliphatic carbocycles. The summed E-state index contributed by atoms with van der Waals surface area (Å²) in [7, 11) is 0. The molecule has 20 heavy (non-hydrogen) atoms. The minimum atomic E-state index is 0.345. The number of nitrogens with zero attached hydrogens (tertiary/aromatic N) is 4. The second-order valence-corrected chi connectivity index (χ2v) is 5.53. The van der Waals surface area contributed by atoms with Gasteiger partial charge in [0.05, 0.1) is 0 Å². The Morgan fingerprint density at radius 1 is 1.10 bits per heavy atom. The molecule has 0 aromatic carbocycles. The lowest BCUT2D eigenvalue weighted by atomic mass is 10.1. The van der Waals surface area contributed by atoms with Gasteiger partial charge >= 0.3 is 0 Å². The van der Waals surface area contributed by atoms with Gasteiger partial charge in [-0.15, -0.1) is 10.2 Å². The minimum Gasteiger partial charge on any atom is -0.286 e. The van der Waals surface area contributed by atoms with Gasteiger partial charge in [0.2, 0.25) is 0 Å². The average Bonchev–Trinajstić information content (AvgIpc) is 2.84. The van der Waals surface area contributed by atoms with Crippen molar-refractivity contribution in [1.29, 1.82) is 0 Å². The van der Waals surface area contributed by atoms with E-state index in [0.717, 1.165) is 23.5 Å². The van der Waals surface area contributed by atoms with Gasteiger partial charge < -0.3 is 0 Å². The summed E-state index contributed by atoms with van der Waals surface area (Å²) in [6, 6.07) is 7.88. The van der Waals surface area contributed by atoms with Gasteiger partial charge in [0, 0.05) is 24.7 Å². The first-order valence-corrected chi connectivity index (χ1v) is 6.95. The Labute approximate surface area is 122 Å². The molecule has 0 amide bonds. The summed E-state index contributed by atoms with van der Waals surface area (Å²) in [6.45, 7) is 4.23. The molecular weight excluding hydrogens is 272 g/mol. The molecule has 0 aliphatic rings. The number of rotatable bonds is 3. The summed E-state index contributed by atoms with van der Waals surface area (Å²) in [4.78, 5) is 4.11. The normalized spacial score (nSPS) is 11.4. The zero-order valence-corrected chi connectivity index (χ0v) is 12.2. The standard InChI is InChI=1S/C15H15ClN4/c1-10(2)15-19-18-14-6-4-12(9-20(14)15)7-11-3-5-13(16)17-8-11/h3-6,8-10H,7H2,1-2H3. The molecule has 4 nitrogen and oxygen atoms in total. The van der Waals surface area contributed by atoms with Gasteiger partial charge in [0.25, 0.3) is 0 Å². The van der Waals surface area contributed by atoms with Crippen LogP contribution in [0.3, 0.4) is 0 Å². The molecular formula is C15H15ClN4. The molecule has 5 heteroatoms. The molecule has 0 fully saturated rings. The molecule has 3 aromatic heterocycles. The van der Waals surface area contributed by atoms with Gasteiger partial charge in [-0.05, 0) is 23.3 Å². The summed E-state index contributed by atoms with van der Waals surface area (Å²) in [5, 5.41) is 8.94. The fraction of sp³-hybridized carbons (Fsp3) is 0.267. The first kappa shape index (κ1) is 13.1. The van der Waals surface area contributed by atoms with Crippen molar-refractivity contribution in [3.05, 3.63) is 58.8 Å². The zero-order valence-electron chi connectivity index (χ0n) is 11.4. The van der Waals surface area contributed by atoms with Gasteiger partial charge in [-0.2, -0.15) is 0 Å². The van der Waals surface area contributed by atoms with Crippen LogP contribution >= 0.6 is 11.6 Å². The number of aromatic nitrogens is 4. The number of pyridine rings is 2. The molecule has 0 bridgehead atoms. The Bertz CT molecular complexity index is 731. The van der Waals surface area contributed by atoms with Crippen LogP contribution in [-0.4, -0.2) is 19.6 Å². The summed E-state index contributed by atoms with van der Waals surface area (Å²) in [5.41, 5.74) is 3.21. The van der Waals surface area contributed by atoms with Gasteiger partial charge in [-0.25, -0.2) is 4.98 Å². The second kappa shape index (κ2) is 5.21. The van der Waals surface area contributed by atoms with Crippen molar-refractivity contribution < 1.29 is 0 Å². The lowest BCUT2D eigenvalue weighted by molar-refractivity contribution is 0.757. The minimum absolute atomic E-state index is 0.345. The van der Waals surface area contributed by atoms with Crippen LogP contribution < -0.4 is 0 Å². The highest BCUT2D eigenvalue weighted by atomic mass is 35.5. The Morgan fingerprint density at radius 2 is 1.90 bits per heavy atom. The van der Waals surface area contributed by atoms with Crippen LogP contribution in [0.25, 0.3) is 5.65 Å². The molecule has 102 valence electrons.